The van der Waals surface area contributed by atoms with Gasteiger partial charge in [-0.3, -0.25) is 9.36 Å². The third kappa shape index (κ3) is 3.49. The molecule has 5 nitrogen and oxygen atoms in total. The van der Waals surface area contributed by atoms with Crippen LogP contribution in [0.2, 0.25) is 0 Å². The highest BCUT2D eigenvalue weighted by molar-refractivity contribution is 7.10. The van der Waals surface area contributed by atoms with E-state index in [0.29, 0.717) is 6.42 Å². The van der Waals surface area contributed by atoms with Gasteiger partial charge in [0, 0.05) is 29.6 Å². The van der Waals surface area contributed by atoms with Gasteiger partial charge in [-0.05, 0) is 36.4 Å². The van der Waals surface area contributed by atoms with Gasteiger partial charge in [0.2, 0.25) is 5.91 Å². The molecule has 0 bridgehead atoms. The van der Waals surface area contributed by atoms with Crippen molar-refractivity contribution in [3.05, 3.63) is 64.9 Å². The van der Waals surface area contributed by atoms with E-state index in [0.717, 1.165) is 42.3 Å². The highest BCUT2D eigenvalue weighted by Gasteiger charge is 2.28. The van der Waals surface area contributed by atoms with E-state index < -0.39 is 0 Å². The zero-order chi connectivity index (χ0) is 17.1. The van der Waals surface area contributed by atoms with Crippen LogP contribution >= 0.6 is 11.3 Å². The van der Waals surface area contributed by atoms with Crippen LogP contribution in [0.15, 0.2) is 54.2 Å². The summed E-state index contributed by atoms with van der Waals surface area (Å²) >= 11 is 1.64. The fraction of sp³-hybridized carbons (Fsp3) is 0.316. The molecule has 2 aromatic heterocycles. The lowest BCUT2D eigenvalue weighted by Crippen LogP contribution is -2.40. The zero-order valence-corrected chi connectivity index (χ0v) is 14.7. The molecule has 1 saturated heterocycles. The number of aromatic nitrogens is 3. The van der Waals surface area contributed by atoms with Crippen LogP contribution in [0, 0.1) is 0 Å². The molecule has 0 saturated carbocycles. The summed E-state index contributed by atoms with van der Waals surface area (Å²) < 4.78 is 2.04. The number of carbonyl (C=O) groups excluding carboxylic acids is 1. The number of hydrogen-bond acceptors (Lipinski definition) is 4. The topological polar surface area (TPSA) is 51.0 Å². The van der Waals surface area contributed by atoms with Gasteiger partial charge in [-0.15, -0.1) is 21.5 Å². The van der Waals surface area contributed by atoms with Crippen LogP contribution < -0.4 is 0 Å². The fourth-order valence-electron chi connectivity index (χ4n) is 3.40. The molecular formula is C19H20N4OS. The largest absolute Gasteiger partial charge is 0.342 e. The van der Waals surface area contributed by atoms with Crippen LogP contribution in [0.3, 0.4) is 0 Å². The Kier molecular flexibility index (Phi) is 4.61. The Hall–Kier alpha value is -2.47. The molecule has 3 aromatic rings. The maximum atomic E-state index is 12.6. The van der Waals surface area contributed by atoms with Crippen LogP contribution in [0.1, 0.15) is 29.5 Å². The van der Waals surface area contributed by atoms with Gasteiger partial charge in [0.15, 0.2) is 0 Å². The third-order valence-corrected chi connectivity index (χ3v) is 5.53. The van der Waals surface area contributed by atoms with E-state index in [-0.39, 0.29) is 11.8 Å². The molecule has 1 aliphatic rings. The second kappa shape index (κ2) is 7.19. The number of nitrogens with zero attached hydrogens (tertiary/aromatic N) is 4. The zero-order valence-electron chi connectivity index (χ0n) is 13.9. The summed E-state index contributed by atoms with van der Waals surface area (Å²) in [5.41, 5.74) is 1.06. The average Bonchev–Trinajstić information content (AvgIpc) is 3.34. The number of amides is 1. The van der Waals surface area contributed by atoms with Crippen LogP contribution in [-0.4, -0.2) is 38.7 Å². The Morgan fingerprint density at radius 1 is 1.20 bits per heavy atom. The van der Waals surface area contributed by atoms with E-state index in [1.54, 1.807) is 17.7 Å². The SMILES string of the molecule is O=C(Cc1cccs1)N1CCC[C@@H](c2nncn2-c2ccccc2)C1. The first-order valence-electron chi connectivity index (χ1n) is 8.57. The minimum absolute atomic E-state index is 0.206. The number of likely N-dealkylation sites (tertiary alicyclic amines) is 1. The molecule has 0 spiro atoms. The van der Waals surface area contributed by atoms with Crippen molar-refractivity contribution in [2.75, 3.05) is 13.1 Å². The number of hydrogen-bond donors (Lipinski definition) is 0. The number of carbonyl (C=O) groups is 1. The average molecular weight is 352 g/mol. The van der Waals surface area contributed by atoms with Gasteiger partial charge in [-0.25, -0.2) is 0 Å². The fourth-order valence-corrected chi connectivity index (χ4v) is 4.09. The molecule has 3 heterocycles. The van der Waals surface area contributed by atoms with Crippen molar-refractivity contribution < 1.29 is 4.79 Å². The summed E-state index contributed by atoms with van der Waals surface area (Å²) in [6.07, 6.45) is 4.30. The van der Waals surface area contributed by atoms with E-state index in [1.165, 1.54) is 0 Å². The standard InChI is InChI=1S/C19H20N4OS/c24-18(12-17-9-5-11-25-17)22-10-4-6-15(13-22)19-21-20-14-23(19)16-7-2-1-3-8-16/h1-3,5,7-9,11,14-15H,4,6,10,12-13H2/t15-/m1/s1. The first-order chi connectivity index (χ1) is 12.3. The second-order valence-corrected chi connectivity index (χ2v) is 7.36. The molecule has 1 atom stereocenters. The summed E-state index contributed by atoms with van der Waals surface area (Å²) in [7, 11) is 0. The number of benzene rings is 1. The Bertz CT molecular complexity index is 828. The van der Waals surface area contributed by atoms with Crippen molar-refractivity contribution in [3.63, 3.8) is 0 Å². The molecule has 1 amide bonds. The number of para-hydroxylation sites is 1. The minimum atomic E-state index is 0.206. The summed E-state index contributed by atoms with van der Waals surface area (Å²) in [4.78, 5) is 15.7. The summed E-state index contributed by atoms with van der Waals surface area (Å²) in [6.45, 7) is 1.55. The molecule has 0 aliphatic carbocycles. The molecular weight excluding hydrogens is 332 g/mol. The van der Waals surface area contributed by atoms with Gasteiger partial charge in [-0.2, -0.15) is 0 Å². The molecule has 0 N–H and O–H groups in total. The number of thiophene rings is 1. The van der Waals surface area contributed by atoms with E-state index in [2.05, 4.69) is 22.3 Å². The Morgan fingerprint density at radius 3 is 2.88 bits per heavy atom. The molecule has 128 valence electrons. The quantitative estimate of drug-likeness (QED) is 0.724. The second-order valence-electron chi connectivity index (χ2n) is 6.33. The van der Waals surface area contributed by atoms with Gasteiger partial charge in [0.1, 0.15) is 12.2 Å². The lowest BCUT2D eigenvalue weighted by molar-refractivity contribution is -0.131. The van der Waals surface area contributed by atoms with Gasteiger partial charge >= 0.3 is 0 Å². The van der Waals surface area contributed by atoms with Gasteiger partial charge in [0.25, 0.3) is 0 Å². The normalized spacial score (nSPS) is 17.6. The summed E-state index contributed by atoms with van der Waals surface area (Å²) in [6, 6.07) is 14.1. The van der Waals surface area contributed by atoms with Gasteiger partial charge < -0.3 is 4.90 Å². The number of piperidine rings is 1. The van der Waals surface area contributed by atoms with Gasteiger partial charge in [0.05, 0.1) is 6.42 Å². The van der Waals surface area contributed by atoms with Crippen molar-refractivity contribution in [2.45, 2.75) is 25.2 Å². The first-order valence-corrected chi connectivity index (χ1v) is 9.45. The highest BCUT2D eigenvalue weighted by atomic mass is 32.1. The highest BCUT2D eigenvalue weighted by Crippen LogP contribution is 2.27. The maximum absolute atomic E-state index is 12.6. The van der Waals surface area contributed by atoms with Crippen LogP contribution in [-0.2, 0) is 11.2 Å². The van der Waals surface area contributed by atoms with E-state index in [4.69, 9.17) is 0 Å². The van der Waals surface area contributed by atoms with Crippen molar-refractivity contribution in [1.82, 2.24) is 19.7 Å². The summed E-state index contributed by atoms with van der Waals surface area (Å²) in [5.74, 6) is 1.38. The van der Waals surface area contributed by atoms with Crippen LogP contribution in [0.25, 0.3) is 5.69 Å². The van der Waals surface area contributed by atoms with Crippen molar-refractivity contribution in [2.24, 2.45) is 0 Å². The lowest BCUT2D eigenvalue weighted by Gasteiger charge is -2.32. The molecule has 6 heteroatoms. The van der Waals surface area contributed by atoms with E-state index >= 15 is 0 Å². The van der Waals surface area contributed by atoms with E-state index in [9.17, 15) is 4.79 Å². The van der Waals surface area contributed by atoms with Crippen LogP contribution in [0.4, 0.5) is 0 Å². The number of rotatable bonds is 4. The molecule has 1 fully saturated rings. The Labute approximate surface area is 150 Å². The first kappa shape index (κ1) is 16.0. The molecule has 1 aromatic carbocycles. The molecule has 1 aliphatic heterocycles. The monoisotopic (exact) mass is 352 g/mol. The predicted molar refractivity (Wildman–Crippen MR) is 97.9 cm³/mol. The predicted octanol–water partition coefficient (Wildman–Crippen LogP) is 3.28. The van der Waals surface area contributed by atoms with Crippen LogP contribution in [0.5, 0.6) is 0 Å². The molecule has 25 heavy (non-hydrogen) atoms. The Balaban J connectivity index is 1.50. The minimum Gasteiger partial charge on any atom is -0.342 e. The molecule has 0 unspecified atom stereocenters. The molecule has 4 rings (SSSR count). The van der Waals surface area contributed by atoms with Crippen molar-refractivity contribution >= 4 is 17.2 Å². The van der Waals surface area contributed by atoms with E-state index in [1.807, 2.05) is 45.2 Å². The van der Waals surface area contributed by atoms with Crippen molar-refractivity contribution in [1.29, 1.82) is 0 Å². The lowest BCUT2D eigenvalue weighted by atomic mass is 9.96. The smallest absolute Gasteiger partial charge is 0.227 e. The van der Waals surface area contributed by atoms with Gasteiger partial charge in [-0.1, -0.05) is 24.3 Å². The maximum Gasteiger partial charge on any atom is 0.227 e. The third-order valence-electron chi connectivity index (χ3n) is 4.65. The van der Waals surface area contributed by atoms with Crippen molar-refractivity contribution in [3.8, 4) is 5.69 Å². The molecule has 0 radical (unpaired) electrons. The Morgan fingerprint density at radius 2 is 2.08 bits per heavy atom. The summed E-state index contributed by atoms with van der Waals surface area (Å²) in [5, 5.41) is 10.5.